The summed E-state index contributed by atoms with van der Waals surface area (Å²) in [7, 11) is 0. The van der Waals surface area contributed by atoms with Crippen molar-refractivity contribution in [2.45, 2.75) is 31.3 Å². The minimum Gasteiger partial charge on any atom is -0.368 e. The average Bonchev–Trinajstić information content (AvgIpc) is 3.11. The minimum absolute atomic E-state index is 0.0368. The van der Waals surface area contributed by atoms with Gasteiger partial charge in [0.05, 0.1) is 16.8 Å². The Morgan fingerprint density at radius 2 is 1.77 bits per heavy atom. The number of fused-ring (bicyclic) bond motifs is 1. The normalized spacial score (nSPS) is 25.8. The van der Waals surface area contributed by atoms with E-state index < -0.39 is 35.5 Å². The van der Waals surface area contributed by atoms with Crippen molar-refractivity contribution in [3.05, 3.63) is 29.1 Å². The summed E-state index contributed by atoms with van der Waals surface area (Å²) >= 11 is 0. The molecule has 2 fully saturated rings. The molecule has 1 aromatic rings. The van der Waals surface area contributed by atoms with Gasteiger partial charge < -0.3 is 10.6 Å². The molecule has 3 aliphatic heterocycles. The molecule has 9 heteroatoms. The summed E-state index contributed by atoms with van der Waals surface area (Å²) in [6.07, 6.45) is 0.813. The van der Waals surface area contributed by atoms with Gasteiger partial charge in [-0.3, -0.25) is 29.4 Å². The van der Waals surface area contributed by atoms with E-state index in [1.54, 1.807) is 4.90 Å². The molecular weight excluding hydrogens is 343 g/mol. The number of benzene rings is 1. The number of hydrogen-bond acceptors (Lipinski definition) is 6. The highest BCUT2D eigenvalue weighted by Gasteiger charge is 2.45. The third-order valence-electron chi connectivity index (χ3n) is 5.07. The van der Waals surface area contributed by atoms with Crippen LogP contribution in [0.2, 0.25) is 0 Å². The lowest BCUT2D eigenvalue weighted by Gasteiger charge is -2.27. The maximum atomic E-state index is 14.5. The molecule has 2 saturated heterocycles. The number of piperidine rings is 1. The Morgan fingerprint density at radius 1 is 1.08 bits per heavy atom. The average molecular weight is 360 g/mol. The lowest BCUT2D eigenvalue weighted by molar-refractivity contribution is -0.136. The van der Waals surface area contributed by atoms with Crippen LogP contribution < -0.4 is 16.0 Å². The van der Waals surface area contributed by atoms with Crippen molar-refractivity contribution in [3.63, 3.8) is 0 Å². The Bertz CT molecular complexity index is 855. The summed E-state index contributed by atoms with van der Waals surface area (Å²) in [6.45, 7) is 1.03. The van der Waals surface area contributed by atoms with Gasteiger partial charge in [0, 0.05) is 25.6 Å². The van der Waals surface area contributed by atoms with Crippen LogP contribution in [-0.2, 0) is 9.59 Å². The van der Waals surface area contributed by atoms with Crippen molar-refractivity contribution >= 4 is 29.3 Å². The highest BCUT2D eigenvalue weighted by atomic mass is 19.1. The first-order valence-electron chi connectivity index (χ1n) is 8.42. The van der Waals surface area contributed by atoms with Crippen LogP contribution >= 0.6 is 0 Å². The molecule has 0 bridgehead atoms. The SMILES string of the molecule is N[C@H]1CCN(c2cc3c(cc2F)C(=O)N(C2CCC(=O)NC2=O)C3=O)C1. The number of anilines is 1. The first kappa shape index (κ1) is 16.6. The van der Waals surface area contributed by atoms with Gasteiger partial charge in [-0.25, -0.2) is 4.39 Å². The van der Waals surface area contributed by atoms with Crippen LogP contribution in [0, 0.1) is 5.82 Å². The van der Waals surface area contributed by atoms with E-state index in [9.17, 15) is 23.6 Å². The Labute approximate surface area is 148 Å². The second kappa shape index (κ2) is 5.87. The molecule has 0 radical (unpaired) electrons. The van der Waals surface area contributed by atoms with E-state index in [4.69, 9.17) is 5.73 Å². The van der Waals surface area contributed by atoms with Crippen molar-refractivity contribution in [1.29, 1.82) is 0 Å². The molecule has 4 amide bonds. The number of hydrogen-bond donors (Lipinski definition) is 2. The molecule has 8 nitrogen and oxygen atoms in total. The van der Waals surface area contributed by atoms with Gasteiger partial charge in [-0.2, -0.15) is 0 Å². The van der Waals surface area contributed by atoms with Gasteiger partial charge in [0.25, 0.3) is 11.8 Å². The summed E-state index contributed by atoms with van der Waals surface area (Å²) in [5.41, 5.74) is 6.08. The van der Waals surface area contributed by atoms with Crippen LogP contribution in [0.25, 0.3) is 0 Å². The van der Waals surface area contributed by atoms with E-state index in [0.717, 1.165) is 11.0 Å². The molecule has 3 heterocycles. The van der Waals surface area contributed by atoms with E-state index in [1.165, 1.54) is 6.07 Å². The van der Waals surface area contributed by atoms with Crippen molar-refractivity contribution in [3.8, 4) is 0 Å². The summed E-state index contributed by atoms with van der Waals surface area (Å²) in [4.78, 5) is 51.3. The molecule has 3 aliphatic rings. The summed E-state index contributed by atoms with van der Waals surface area (Å²) in [5.74, 6) is -3.11. The topological polar surface area (TPSA) is 113 Å². The lowest BCUT2D eigenvalue weighted by Crippen LogP contribution is -2.54. The number of rotatable bonds is 2. The van der Waals surface area contributed by atoms with Gasteiger partial charge in [0.2, 0.25) is 11.8 Å². The van der Waals surface area contributed by atoms with Crippen molar-refractivity contribution < 1.29 is 23.6 Å². The molecular formula is C17H17FN4O4. The smallest absolute Gasteiger partial charge is 0.262 e. The van der Waals surface area contributed by atoms with Gasteiger partial charge in [0.15, 0.2) is 0 Å². The summed E-state index contributed by atoms with van der Waals surface area (Å²) in [6, 6.07) is 1.27. The van der Waals surface area contributed by atoms with Gasteiger partial charge in [-0.05, 0) is 25.0 Å². The summed E-state index contributed by atoms with van der Waals surface area (Å²) in [5, 5.41) is 2.13. The number of carbonyl (C=O) groups is 4. The zero-order valence-electron chi connectivity index (χ0n) is 13.8. The third-order valence-corrected chi connectivity index (χ3v) is 5.07. The van der Waals surface area contributed by atoms with Crippen molar-refractivity contribution in [1.82, 2.24) is 10.2 Å². The molecule has 0 aromatic heterocycles. The second-order valence-corrected chi connectivity index (χ2v) is 6.79. The van der Waals surface area contributed by atoms with E-state index >= 15 is 0 Å². The van der Waals surface area contributed by atoms with Crippen LogP contribution in [0.5, 0.6) is 0 Å². The number of amides is 4. The number of nitrogens with two attached hydrogens (primary N) is 1. The van der Waals surface area contributed by atoms with Crippen molar-refractivity contribution in [2.24, 2.45) is 5.73 Å². The van der Waals surface area contributed by atoms with E-state index in [2.05, 4.69) is 5.32 Å². The van der Waals surface area contributed by atoms with Crippen LogP contribution in [0.4, 0.5) is 10.1 Å². The van der Waals surface area contributed by atoms with Gasteiger partial charge in [-0.15, -0.1) is 0 Å². The van der Waals surface area contributed by atoms with Gasteiger partial charge >= 0.3 is 0 Å². The van der Waals surface area contributed by atoms with Gasteiger partial charge in [-0.1, -0.05) is 0 Å². The fraction of sp³-hybridized carbons (Fsp3) is 0.412. The molecule has 2 atom stereocenters. The van der Waals surface area contributed by atoms with Crippen LogP contribution in [0.15, 0.2) is 12.1 Å². The predicted molar refractivity (Wildman–Crippen MR) is 87.9 cm³/mol. The Hall–Kier alpha value is -2.81. The number of carbonyl (C=O) groups excluding carboxylic acids is 4. The number of halogens is 1. The van der Waals surface area contributed by atoms with E-state index in [1.807, 2.05) is 0 Å². The Kier molecular flexibility index (Phi) is 3.76. The highest BCUT2D eigenvalue weighted by Crippen LogP contribution is 2.33. The quantitative estimate of drug-likeness (QED) is 0.704. The molecule has 1 aromatic carbocycles. The number of nitrogens with one attached hydrogen (secondary N) is 1. The highest BCUT2D eigenvalue weighted by molar-refractivity contribution is 6.23. The molecule has 0 spiro atoms. The largest absolute Gasteiger partial charge is 0.368 e. The predicted octanol–water partition coefficient (Wildman–Crippen LogP) is -0.236. The standard InChI is InChI=1S/C17H17FN4O4/c18-11-5-9-10(6-13(11)21-4-3-8(19)7-21)17(26)22(16(9)25)12-1-2-14(23)20-15(12)24/h5-6,8,12H,1-4,7,19H2,(H,20,23,24)/t8-,12?/m0/s1. The second-order valence-electron chi connectivity index (χ2n) is 6.79. The molecule has 26 heavy (non-hydrogen) atoms. The monoisotopic (exact) mass is 360 g/mol. The molecule has 136 valence electrons. The van der Waals surface area contributed by atoms with Crippen molar-refractivity contribution in [2.75, 3.05) is 18.0 Å². The fourth-order valence-corrected chi connectivity index (χ4v) is 3.73. The Morgan fingerprint density at radius 3 is 2.38 bits per heavy atom. The number of imide groups is 2. The number of nitrogens with zero attached hydrogens (tertiary/aromatic N) is 2. The van der Waals surface area contributed by atoms with Crippen LogP contribution in [-0.4, -0.2) is 53.7 Å². The van der Waals surface area contributed by atoms with Gasteiger partial charge in [0.1, 0.15) is 11.9 Å². The molecule has 0 saturated carbocycles. The fourth-order valence-electron chi connectivity index (χ4n) is 3.73. The Balaban J connectivity index is 1.68. The zero-order chi connectivity index (χ0) is 18.6. The first-order valence-corrected chi connectivity index (χ1v) is 8.42. The maximum Gasteiger partial charge on any atom is 0.262 e. The first-order chi connectivity index (χ1) is 12.4. The van der Waals surface area contributed by atoms with E-state index in [-0.39, 0.29) is 35.7 Å². The zero-order valence-corrected chi connectivity index (χ0v) is 13.8. The minimum atomic E-state index is -1.06. The molecule has 0 aliphatic carbocycles. The molecule has 4 rings (SSSR count). The van der Waals surface area contributed by atoms with Crippen LogP contribution in [0.1, 0.15) is 40.0 Å². The summed E-state index contributed by atoms with van der Waals surface area (Å²) < 4.78 is 14.5. The van der Waals surface area contributed by atoms with Crippen LogP contribution in [0.3, 0.4) is 0 Å². The molecule has 1 unspecified atom stereocenters. The lowest BCUT2D eigenvalue weighted by atomic mass is 10.0. The molecule has 3 N–H and O–H groups in total. The third kappa shape index (κ3) is 2.47. The maximum absolute atomic E-state index is 14.5. The van der Waals surface area contributed by atoms with E-state index in [0.29, 0.717) is 19.5 Å².